The molecule has 1 heteroatoms. The third-order valence-electron chi connectivity index (χ3n) is 6.49. The van der Waals surface area contributed by atoms with E-state index in [-0.39, 0.29) is 0 Å². The minimum Gasteiger partial charge on any atom is -0.327 e. The van der Waals surface area contributed by atoms with Crippen molar-refractivity contribution >= 4 is 0 Å². The van der Waals surface area contributed by atoms with Gasteiger partial charge in [-0.3, -0.25) is 0 Å². The summed E-state index contributed by atoms with van der Waals surface area (Å²) in [7, 11) is 0. The Hall–Kier alpha value is -0.0400. The first-order chi connectivity index (χ1) is 9.41. The first kappa shape index (κ1) is 16.3. The van der Waals surface area contributed by atoms with Crippen LogP contribution in [-0.2, 0) is 0 Å². The SMILES string of the molecule is CCC1CCCC(C(N)C2CCC(C(C)(C)C)CC2)C1. The zero-order valence-electron chi connectivity index (χ0n) is 14.3. The van der Waals surface area contributed by atoms with E-state index in [2.05, 4.69) is 27.7 Å². The molecule has 2 rings (SSSR count). The fraction of sp³-hybridized carbons (Fsp3) is 1.00. The summed E-state index contributed by atoms with van der Waals surface area (Å²) in [5.41, 5.74) is 7.19. The standard InChI is InChI=1S/C19H37N/c1-5-14-7-6-8-16(13-14)18(20)15-9-11-17(12-10-15)19(2,3)4/h14-18H,5-13,20H2,1-4H3. The molecule has 2 fully saturated rings. The van der Waals surface area contributed by atoms with Crippen LogP contribution in [0.3, 0.4) is 0 Å². The molecule has 0 radical (unpaired) electrons. The molecule has 3 unspecified atom stereocenters. The monoisotopic (exact) mass is 279 g/mol. The van der Waals surface area contributed by atoms with Crippen molar-refractivity contribution in [2.45, 2.75) is 91.5 Å². The summed E-state index contributed by atoms with van der Waals surface area (Å²) in [6.07, 6.45) is 12.6. The molecule has 118 valence electrons. The van der Waals surface area contributed by atoms with Crippen molar-refractivity contribution in [1.82, 2.24) is 0 Å². The maximum atomic E-state index is 6.69. The summed E-state index contributed by atoms with van der Waals surface area (Å²) in [5.74, 6) is 3.52. The number of hydrogen-bond donors (Lipinski definition) is 1. The molecule has 0 saturated heterocycles. The van der Waals surface area contributed by atoms with Crippen LogP contribution in [0.25, 0.3) is 0 Å². The zero-order chi connectivity index (χ0) is 14.8. The maximum Gasteiger partial charge on any atom is 0.00957 e. The summed E-state index contributed by atoms with van der Waals surface area (Å²) in [6.45, 7) is 9.58. The molecule has 20 heavy (non-hydrogen) atoms. The summed E-state index contributed by atoms with van der Waals surface area (Å²) in [6, 6.07) is 0.491. The molecule has 2 aliphatic carbocycles. The lowest BCUT2D eigenvalue weighted by molar-refractivity contribution is 0.112. The van der Waals surface area contributed by atoms with Crippen molar-refractivity contribution in [2.75, 3.05) is 0 Å². The lowest BCUT2D eigenvalue weighted by Gasteiger charge is -2.42. The number of rotatable bonds is 3. The third-order valence-corrected chi connectivity index (χ3v) is 6.49. The van der Waals surface area contributed by atoms with E-state index in [1.807, 2.05) is 0 Å². The van der Waals surface area contributed by atoms with Gasteiger partial charge in [0.1, 0.15) is 0 Å². The Morgan fingerprint density at radius 1 is 0.950 bits per heavy atom. The molecular formula is C19H37N. The van der Waals surface area contributed by atoms with Gasteiger partial charge in [0.05, 0.1) is 0 Å². The summed E-state index contributed by atoms with van der Waals surface area (Å²) in [4.78, 5) is 0. The van der Waals surface area contributed by atoms with E-state index in [1.165, 1.54) is 57.8 Å². The Labute approximate surface area is 127 Å². The first-order valence-electron chi connectivity index (χ1n) is 9.17. The molecular weight excluding hydrogens is 242 g/mol. The Morgan fingerprint density at radius 2 is 1.60 bits per heavy atom. The zero-order valence-corrected chi connectivity index (χ0v) is 14.3. The van der Waals surface area contributed by atoms with E-state index < -0.39 is 0 Å². The molecule has 1 nitrogen and oxygen atoms in total. The molecule has 0 spiro atoms. The predicted octanol–water partition coefficient (Wildman–Crippen LogP) is 5.38. The fourth-order valence-electron chi connectivity index (χ4n) is 4.81. The van der Waals surface area contributed by atoms with Gasteiger partial charge in [0.2, 0.25) is 0 Å². The smallest absolute Gasteiger partial charge is 0.00957 e. The van der Waals surface area contributed by atoms with Gasteiger partial charge in [-0.05, 0) is 67.6 Å². The topological polar surface area (TPSA) is 26.0 Å². The molecule has 0 aliphatic heterocycles. The first-order valence-corrected chi connectivity index (χ1v) is 9.17. The van der Waals surface area contributed by atoms with Crippen LogP contribution >= 0.6 is 0 Å². The van der Waals surface area contributed by atoms with Crippen molar-refractivity contribution < 1.29 is 0 Å². The van der Waals surface area contributed by atoms with Crippen LogP contribution in [0.2, 0.25) is 0 Å². The molecule has 0 aromatic carbocycles. The van der Waals surface area contributed by atoms with Crippen LogP contribution in [0.15, 0.2) is 0 Å². The van der Waals surface area contributed by atoms with E-state index in [0.29, 0.717) is 11.5 Å². The number of nitrogens with two attached hydrogens (primary N) is 1. The molecule has 2 saturated carbocycles. The fourth-order valence-corrected chi connectivity index (χ4v) is 4.81. The highest BCUT2D eigenvalue weighted by atomic mass is 14.7. The minimum absolute atomic E-state index is 0.491. The van der Waals surface area contributed by atoms with Crippen molar-refractivity contribution in [3.8, 4) is 0 Å². The average molecular weight is 280 g/mol. The van der Waals surface area contributed by atoms with Crippen molar-refractivity contribution in [2.24, 2.45) is 34.8 Å². The summed E-state index contributed by atoms with van der Waals surface area (Å²) < 4.78 is 0. The molecule has 0 bridgehead atoms. The van der Waals surface area contributed by atoms with E-state index in [0.717, 1.165) is 23.7 Å². The van der Waals surface area contributed by atoms with Crippen LogP contribution < -0.4 is 5.73 Å². The predicted molar refractivity (Wildman–Crippen MR) is 88.6 cm³/mol. The quantitative estimate of drug-likeness (QED) is 0.737. The number of hydrogen-bond acceptors (Lipinski definition) is 1. The molecule has 0 aromatic heterocycles. The van der Waals surface area contributed by atoms with E-state index in [1.54, 1.807) is 0 Å². The van der Waals surface area contributed by atoms with Crippen molar-refractivity contribution in [1.29, 1.82) is 0 Å². The highest BCUT2D eigenvalue weighted by molar-refractivity contribution is 4.89. The van der Waals surface area contributed by atoms with Gasteiger partial charge in [-0.2, -0.15) is 0 Å². The van der Waals surface area contributed by atoms with Crippen LogP contribution in [0, 0.1) is 29.1 Å². The second-order valence-corrected chi connectivity index (χ2v) is 8.76. The van der Waals surface area contributed by atoms with Crippen LogP contribution in [0.5, 0.6) is 0 Å². The highest BCUT2D eigenvalue weighted by Crippen LogP contribution is 2.43. The second-order valence-electron chi connectivity index (χ2n) is 8.76. The minimum atomic E-state index is 0.491. The second kappa shape index (κ2) is 6.81. The van der Waals surface area contributed by atoms with Gasteiger partial charge in [-0.15, -0.1) is 0 Å². The molecule has 3 atom stereocenters. The van der Waals surface area contributed by atoms with Crippen LogP contribution in [-0.4, -0.2) is 6.04 Å². The van der Waals surface area contributed by atoms with Gasteiger partial charge in [0, 0.05) is 6.04 Å². The third kappa shape index (κ3) is 4.00. The molecule has 2 N–H and O–H groups in total. The maximum absolute atomic E-state index is 6.69. The van der Waals surface area contributed by atoms with Crippen molar-refractivity contribution in [3.63, 3.8) is 0 Å². The lowest BCUT2D eigenvalue weighted by Crippen LogP contribution is -2.42. The lowest BCUT2D eigenvalue weighted by atomic mass is 9.65. The Morgan fingerprint density at radius 3 is 2.15 bits per heavy atom. The summed E-state index contributed by atoms with van der Waals surface area (Å²) >= 11 is 0. The highest BCUT2D eigenvalue weighted by Gasteiger charge is 2.35. The molecule has 2 aliphatic rings. The van der Waals surface area contributed by atoms with Gasteiger partial charge in [-0.25, -0.2) is 0 Å². The van der Waals surface area contributed by atoms with E-state index >= 15 is 0 Å². The molecule has 0 amide bonds. The normalized spacial score (nSPS) is 37.6. The van der Waals surface area contributed by atoms with Crippen LogP contribution in [0.4, 0.5) is 0 Å². The van der Waals surface area contributed by atoms with Gasteiger partial charge in [-0.1, -0.05) is 47.0 Å². The van der Waals surface area contributed by atoms with Gasteiger partial charge >= 0.3 is 0 Å². The Kier molecular flexibility index (Phi) is 5.56. The van der Waals surface area contributed by atoms with Gasteiger partial charge in [0.25, 0.3) is 0 Å². The van der Waals surface area contributed by atoms with Crippen molar-refractivity contribution in [3.05, 3.63) is 0 Å². The summed E-state index contributed by atoms with van der Waals surface area (Å²) in [5, 5.41) is 0. The average Bonchev–Trinajstić information content (AvgIpc) is 2.46. The largest absolute Gasteiger partial charge is 0.327 e. The van der Waals surface area contributed by atoms with Gasteiger partial charge < -0.3 is 5.73 Å². The van der Waals surface area contributed by atoms with E-state index in [9.17, 15) is 0 Å². The molecule has 0 heterocycles. The Balaban J connectivity index is 1.83. The molecule has 0 aromatic rings. The van der Waals surface area contributed by atoms with Crippen LogP contribution in [0.1, 0.15) is 85.5 Å². The van der Waals surface area contributed by atoms with Gasteiger partial charge in [0.15, 0.2) is 0 Å². The van der Waals surface area contributed by atoms with E-state index in [4.69, 9.17) is 5.73 Å². The Bertz CT molecular complexity index is 283.